The van der Waals surface area contributed by atoms with E-state index in [2.05, 4.69) is 15.3 Å². The molecule has 1 N–H and O–H groups in total. The summed E-state index contributed by atoms with van der Waals surface area (Å²) >= 11 is 0.862. The molecule has 21 heavy (non-hydrogen) atoms. The summed E-state index contributed by atoms with van der Waals surface area (Å²) in [6.45, 7) is 0.101. The zero-order valence-electron chi connectivity index (χ0n) is 10.7. The second-order valence-corrected chi connectivity index (χ2v) is 5.88. The second kappa shape index (κ2) is 5.34. The third-order valence-electron chi connectivity index (χ3n) is 3.10. The number of nitrogens with one attached hydrogen (secondary N) is 1. The largest absolute Gasteiger partial charge is 0.434 e. The van der Waals surface area contributed by atoms with Crippen molar-refractivity contribution in [3.05, 3.63) is 34.8 Å². The summed E-state index contributed by atoms with van der Waals surface area (Å²) in [6.07, 6.45) is -0.294. The van der Waals surface area contributed by atoms with Crippen LogP contribution in [-0.4, -0.2) is 16.0 Å². The third-order valence-corrected chi connectivity index (χ3v) is 4.19. The van der Waals surface area contributed by atoms with Gasteiger partial charge in [-0.05, 0) is 18.9 Å². The highest BCUT2D eigenvalue weighted by Crippen LogP contribution is 2.38. The van der Waals surface area contributed by atoms with Crippen molar-refractivity contribution >= 4 is 11.3 Å². The lowest BCUT2D eigenvalue weighted by Crippen LogP contribution is -2.18. The van der Waals surface area contributed by atoms with E-state index in [0.717, 1.165) is 30.4 Å². The third kappa shape index (κ3) is 3.21. The van der Waals surface area contributed by atoms with Crippen molar-refractivity contribution in [1.29, 1.82) is 0 Å². The zero-order chi connectivity index (χ0) is 15.0. The first kappa shape index (κ1) is 14.4. The minimum atomic E-state index is -4.54. The molecule has 0 atom stereocenters. The van der Waals surface area contributed by atoms with E-state index in [4.69, 9.17) is 0 Å². The molecule has 3 rings (SSSR count). The molecular formula is C13H11F4N3S. The number of thiazole rings is 1. The molecule has 0 radical (unpaired) electrons. The zero-order valence-corrected chi connectivity index (χ0v) is 11.6. The topological polar surface area (TPSA) is 37.8 Å². The molecule has 1 aliphatic carbocycles. The van der Waals surface area contributed by atoms with Gasteiger partial charge in [-0.2, -0.15) is 13.2 Å². The lowest BCUT2D eigenvalue weighted by Gasteiger charge is -2.06. The molecule has 2 aromatic rings. The Balaban J connectivity index is 1.96. The van der Waals surface area contributed by atoms with Gasteiger partial charge in [-0.15, -0.1) is 11.3 Å². The summed E-state index contributed by atoms with van der Waals surface area (Å²) in [4.78, 5) is 7.26. The van der Waals surface area contributed by atoms with E-state index in [1.54, 1.807) is 0 Å². The van der Waals surface area contributed by atoms with E-state index in [-0.39, 0.29) is 28.0 Å². The maximum absolute atomic E-state index is 13.6. The van der Waals surface area contributed by atoms with E-state index in [0.29, 0.717) is 0 Å². The minimum absolute atomic E-state index is 0.0230. The summed E-state index contributed by atoms with van der Waals surface area (Å²) in [5.74, 6) is -0.679. The number of hydrogen-bond acceptors (Lipinski definition) is 4. The van der Waals surface area contributed by atoms with Gasteiger partial charge in [-0.25, -0.2) is 9.37 Å². The SMILES string of the molecule is Fc1cnccc1-c1nc(C(F)(F)F)c(CNC2CC2)s1. The lowest BCUT2D eigenvalue weighted by atomic mass is 10.2. The molecule has 0 bridgehead atoms. The van der Waals surface area contributed by atoms with Crippen LogP contribution in [0.15, 0.2) is 18.5 Å². The van der Waals surface area contributed by atoms with Gasteiger partial charge in [-0.3, -0.25) is 4.98 Å². The maximum Gasteiger partial charge on any atom is 0.434 e. The van der Waals surface area contributed by atoms with Gasteiger partial charge >= 0.3 is 6.18 Å². The number of halogens is 4. The number of alkyl halides is 3. The monoisotopic (exact) mass is 317 g/mol. The average molecular weight is 317 g/mol. The molecule has 0 aliphatic heterocycles. The van der Waals surface area contributed by atoms with Crippen molar-refractivity contribution in [3.8, 4) is 10.6 Å². The Labute approximate surface area is 122 Å². The van der Waals surface area contributed by atoms with Crippen LogP contribution in [0.5, 0.6) is 0 Å². The van der Waals surface area contributed by atoms with E-state index in [9.17, 15) is 17.6 Å². The van der Waals surface area contributed by atoms with Crippen molar-refractivity contribution in [2.75, 3.05) is 0 Å². The number of hydrogen-bond donors (Lipinski definition) is 1. The van der Waals surface area contributed by atoms with Crippen molar-refractivity contribution in [2.45, 2.75) is 31.6 Å². The van der Waals surface area contributed by atoms with Gasteiger partial charge in [0.05, 0.1) is 11.1 Å². The first-order valence-corrected chi connectivity index (χ1v) is 7.17. The number of pyridine rings is 1. The molecule has 1 fully saturated rings. The Morgan fingerprint density at radius 1 is 1.33 bits per heavy atom. The van der Waals surface area contributed by atoms with E-state index >= 15 is 0 Å². The Morgan fingerprint density at radius 3 is 2.71 bits per heavy atom. The molecule has 1 saturated carbocycles. The molecule has 3 nitrogen and oxygen atoms in total. The van der Waals surface area contributed by atoms with Crippen LogP contribution in [0.3, 0.4) is 0 Å². The summed E-state index contributed by atoms with van der Waals surface area (Å²) in [5, 5.41) is 3.05. The molecule has 2 heterocycles. The van der Waals surface area contributed by atoms with Crippen molar-refractivity contribution in [1.82, 2.24) is 15.3 Å². The molecule has 0 aromatic carbocycles. The van der Waals surface area contributed by atoms with Crippen molar-refractivity contribution in [3.63, 3.8) is 0 Å². The van der Waals surface area contributed by atoms with Crippen LogP contribution < -0.4 is 5.32 Å². The van der Waals surface area contributed by atoms with Crippen LogP contribution >= 0.6 is 11.3 Å². The highest BCUT2D eigenvalue weighted by molar-refractivity contribution is 7.15. The molecule has 2 aromatic heterocycles. The number of aromatic nitrogens is 2. The van der Waals surface area contributed by atoms with Gasteiger partial charge < -0.3 is 5.32 Å². The van der Waals surface area contributed by atoms with Crippen LogP contribution in [0.1, 0.15) is 23.4 Å². The molecule has 0 spiro atoms. The Bertz CT molecular complexity index is 649. The van der Waals surface area contributed by atoms with E-state index < -0.39 is 17.7 Å². The van der Waals surface area contributed by atoms with Gasteiger partial charge in [-0.1, -0.05) is 0 Å². The van der Waals surface area contributed by atoms with Gasteiger partial charge in [0.1, 0.15) is 5.01 Å². The lowest BCUT2D eigenvalue weighted by molar-refractivity contribution is -0.141. The van der Waals surface area contributed by atoms with Crippen molar-refractivity contribution in [2.24, 2.45) is 0 Å². The van der Waals surface area contributed by atoms with Gasteiger partial charge in [0.25, 0.3) is 0 Å². The predicted octanol–water partition coefficient (Wildman–Crippen LogP) is 3.62. The fraction of sp³-hybridized carbons (Fsp3) is 0.385. The number of rotatable bonds is 4. The van der Waals surface area contributed by atoms with Gasteiger partial charge in [0, 0.05) is 24.3 Å². The smallest absolute Gasteiger partial charge is 0.309 e. The van der Waals surface area contributed by atoms with Crippen LogP contribution in [0.25, 0.3) is 10.6 Å². The Hall–Kier alpha value is -1.54. The molecule has 0 saturated heterocycles. The fourth-order valence-corrected chi connectivity index (χ4v) is 2.94. The van der Waals surface area contributed by atoms with Gasteiger partial charge in [0.15, 0.2) is 11.5 Å². The maximum atomic E-state index is 13.6. The summed E-state index contributed by atoms with van der Waals surface area (Å²) in [7, 11) is 0. The predicted molar refractivity (Wildman–Crippen MR) is 70.2 cm³/mol. The van der Waals surface area contributed by atoms with Crippen LogP contribution in [-0.2, 0) is 12.7 Å². The van der Waals surface area contributed by atoms with E-state index in [1.165, 1.54) is 12.3 Å². The van der Waals surface area contributed by atoms with Crippen LogP contribution in [0.4, 0.5) is 17.6 Å². The molecule has 112 valence electrons. The molecule has 0 amide bonds. The van der Waals surface area contributed by atoms with Crippen molar-refractivity contribution < 1.29 is 17.6 Å². The first-order valence-electron chi connectivity index (χ1n) is 6.35. The second-order valence-electron chi connectivity index (χ2n) is 4.80. The summed E-state index contributed by atoms with van der Waals surface area (Å²) < 4.78 is 52.7. The highest BCUT2D eigenvalue weighted by Gasteiger charge is 2.38. The summed E-state index contributed by atoms with van der Waals surface area (Å²) in [5.41, 5.74) is -0.898. The number of nitrogens with zero attached hydrogens (tertiary/aromatic N) is 2. The molecular weight excluding hydrogens is 306 g/mol. The Morgan fingerprint density at radius 2 is 2.10 bits per heavy atom. The minimum Gasteiger partial charge on any atom is -0.309 e. The van der Waals surface area contributed by atoms with E-state index in [1.807, 2.05) is 0 Å². The highest BCUT2D eigenvalue weighted by atomic mass is 32.1. The fourth-order valence-electron chi connectivity index (χ4n) is 1.88. The van der Waals surface area contributed by atoms with Gasteiger partial charge in [0.2, 0.25) is 0 Å². The standard InChI is InChI=1S/C13H11F4N3S/c14-9-5-18-4-3-8(9)12-20-11(13(15,16)17)10(21-12)6-19-7-1-2-7/h3-5,7,19H,1-2,6H2. The quantitative estimate of drug-likeness (QED) is 0.875. The molecule has 0 unspecified atom stereocenters. The Kier molecular flexibility index (Phi) is 3.66. The average Bonchev–Trinajstić information content (AvgIpc) is 3.14. The molecule has 8 heteroatoms. The first-order chi connectivity index (χ1) is 9.95. The van der Waals surface area contributed by atoms with Crippen LogP contribution in [0, 0.1) is 5.82 Å². The summed E-state index contributed by atoms with van der Waals surface area (Å²) in [6, 6.07) is 1.61. The molecule has 1 aliphatic rings. The normalized spacial score (nSPS) is 15.4. The van der Waals surface area contributed by atoms with Crippen LogP contribution in [0.2, 0.25) is 0 Å².